The first-order chi connectivity index (χ1) is 12.1. The van der Waals surface area contributed by atoms with Crippen LogP contribution in [0.3, 0.4) is 0 Å². The van der Waals surface area contributed by atoms with Gasteiger partial charge in [0.05, 0.1) is 18.2 Å². The summed E-state index contributed by atoms with van der Waals surface area (Å²) in [5.41, 5.74) is 2.18. The van der Waals surface area contributed by atoms with Crippen LogP contribution in [0.4, 0.5) is 0 Å². The molecule has 1 aromatic rings. The van der Waals surface area contributed by atoms with Crippen LogP contribution in [0, 0.1) is 16.7 Å². The van der Waals surface area contributed by atoms with E-state index < -0.39 is 0 Å². The lowest BCUT2D eigenvalue weighted by molar-refractivity contribution is -0.140. The molecule has 2 aliphatic rings. The van der Waals surface area contributed by atoms with E-state index in [2.05, 4.69) is 23.1 Å². The zero-order chi connectivity index (χ0) is 17.7. The molecule has 5 heteroatoms. The molecule has 1 aromatic carbocycles. The molecule has 2 aliphatic heterocycles. The van der Waals surface area contributed by atoms with Gasteiger partial charge in [0, 0.05) is 45.1 Å². The molecule has 1 atom stereocenters. The van der Waals surface area contributed by atoms with E-state index >= 15 is 0 Å². The molecule has 25 heavy (non-hydrogen) atoms. The molecule has 2 fully saturated rings. The Hall–Kier alpha value is -1.90. The average molecular weight is 341 g/mol. The van der Waals surface area contributed by atoms with Gasteiger partial charge in [-0.1, -0.05) is 12.1 Å². The fraction of sp³-hybridized carbons (Fsp3) is 0.600. The smallest absolute Gasteiger partial charge is 0.222 e. The van der Waals surface area contributed by atoms with Crippen LogP contribution < -0.4 is 0 Å². The molecule has 0 unspecified atom stereocenters. The van der Waals surface area contributed by atoms with Crippen molar-refractivity contribution in [2.75, 3.05) is 39.9 Å². The van der Waals surface area contributed by atoms with Crippen LogP contribution >= 0.6 is 0 Å². The quantitative estimate of drug-likeness (QED) is 0.825. The minimum atomic E-state index is 0.229. The molecular formula is C20H27N3O2. The van der Waals surface area contributed by atoms with E-state index in [1.807, 2.05) is 17.0 Å². The number of methoxy groups -OCH3 is 1. The van der Waals surface area contributed by atoms with Gasteiger partial charge in [-0.3, -0.25) is 9.69 Å². The molecule has 1 amide bonds. The van der Waals surface area contributed by atoms with Crippen molar-refractivity contribution in [3.8, 4) is 6.07 Å². The maximum absolute atomic E-state index is 12.2. The van der Waals surface area contributed by atoms with E-state index in [-0.39, 0.29) is 11.3 Å². The molecule has 0 radical (unpaired) electrons. The summed E-state index contributed by atoms with van der Waals surface area (Å²) in [6, 6.07) is 10.0. The lowest BCUT2D eigenvalue weighted by Crippen LogP contribution is -2.54. The third kappa shape index (κ3) is 4.39. The molecule has 0 N–H and O–H groups in total. The Morgan fingerprint density at radius 1 is 1.24 bits per heavy atom. The van der Waals surface area contributed by atoms with Crippen LogP contribution in [0.5, 0.6) is 0 Å². The van der Waals surface area contributed by atoms with Crippen molar-refractivity contribution in [1.29, 1.82) is 5.26 Å². The summed E-state index contributed by atoms with van der Waals surface area (Å²) in [6.07, 6.45) is 4.05. The number of benzene rings is 1. The molecule has 0 aliphatic carbocycles. The van der Waals surface area contributed by atoms with Crippen molar-refractivity contribution in [2.45, 2.75) is 32.2 Å². The Labute approximate surface area is 150 Å². The topological polar surface area (TPSA) is 56.6 Å². The number of carbonyl (C=O) groups is 1. The summed E-state index contributed by atoms with van der Waals surface area (Å²) >= 11 is 0. The first kappa shape index (κ1) is 17.9. The van der Waals surface area contributed by atoms with E-state index in [0.717, 1.165) is 32.6 Å². The summed E-state index contributed by atoms with van der Waals surface area (Å²) in [6.45, 7) is 5.24. The average Bonchev–Trinajstić information content (AvgIpc) is 2.64. The molecule has 5 nitrogen and oxygen atoms in total. The molecule has 0 aromatic heterocycles. The largest absolute Gasteiger partial charge is 0.383 e. The zero-order valence-electron chi connectivity index (χ0n) is 15.0. The number of hydrogen-bond donors (Lipinski definition) is 0. The van der Waals surface area contributed by atoms with E-state index in [1.165, 1.54) is 18.4 Å². The van der Waals surface area contributed by atoms with Gasteiger partial charge in [0.25, 0.3) is 0 Å². The standard InChI is InChI=1S/C20H27N3O2/c1-25-12-11-23-16-20(9-7-19(23)24)8-2-10-22(15-20)14-18-5-3-17(13-21)4-6-18/h3-6H,2,7-12,14-16H2,1H3/t20-/m1/s1. The predicted molar refractivity (Wildman–Crippen MR) is 95.8 cm³/mol. The summed E-state index contributed by atoms with van der Waals surface area (Å²) in [7, 11) is 1.68. The third-order valence-electron chi connectivity index (χ3n) is 5.54. The summed E-state index contributed by atoms with van der Waals surface area (Å²) < 4.78 is 5.16. The van der Waals surface area contributed by atoms with Crippen molar-refractivity contribution in [3.05, 3.63) is 35.4 Å². The van der Waals surface area contributed by atoms with Gasteiger partial charge >= 0.3 is 0 Å². The minimum Gasteiger partial charge on any atom is -0.383 e. The SMILES string of the molecule is COCCN1C[C@]2(CCCN(Cc3ccc(C#N)cc3)C2)CCC1=O. The van der Waals surface area contributed by atoms with Gasteiger partial charge in [-0.2, -0.15) is 5.26 Å². The van der Waals surface area contributed by atoms with Crippen molar-refractivity contribution in [1.82, 2.24) is 9.80 Å². The number of rotatable bonds is 5. The van der Waals surface area contributed by atoms with Gasteiger partial charge in [0.1, 0.15) is 0 Å². The molecular weight excluding hydrogens is 314 g/mol. The normalized spacial score (nSPS) is 24.5. The third-order valence-corrected chi connectivity index (χ3v) is 5.54. The summed E-state index contributed by atoms with van der Waals surface area (Å²) in [5, 5.41) is 8.92. The van der Waals surface area contributed by atoms with Crippen LogP contribution in [0.15, 0.2) is 24.3 Å². The molecule has 0 bridgehead atoms. The van der Waals surface area contributed by atoms with Gasteiger partial charge < -0.3 is 9.64 Å². The summed E-state index contributed by atoms with van der Waals surface area (Å²) in [5.74, 6) is 0.270. The van der Waals surface area contributed by atoms with E-state index in [9.17, 15) is 4.79 Å². The monoisotopic (exact) mass is 341 g/mol. The zero-order valence-corrected chi connectivity index (χ0v) is 15.0. The number of hydrogen-bond acceptors (Lipinski definition) is 4. The number of amides is 1. The van der Waals surface area contributed by atoms with Gasteiger partial charge in [0.15, 0.2) is 0 Å². The lowest BCUT2D eigenvalue weighted by atomic mass is 9.73. The van der Waals surface area contributed by atoms with Crippen LogP contribution in [-0.2, 0) is 16.1 Å². The molecule has 2 heterocycles. The Kier molecular flexibility index (Phi) is 5.72. The van der Waals surface area contributed by atoms with Crippen LogP contribution in [0.25, 0.3) is 0 Å². The Bertz CT molecular complexity index is 637. The number of piperidine rings is 2. The maximum Gasteiger partial charge on any atom is 0.222 e. The highest BCUT2D eigenvalue weighted by atomic mass is 16.5. The fourth-order valence-corrected chi connectivity index (χ4v) is 4.23. The van der Waals surface area contributed by atoms with E-state index in [4.69, 9.17) is 10.00 Å². The highest BCUT2D eigenvalue weighted by molar-refractivity contribution is 5.77. The lowest BCUT2D eigenvalue weighted by Gasteiger charge is -2.48. The van der Waals surface area contributed by atoms with E-state index in [0.29, 0.717) is 25.1 Å². The number of nitrogens with zero attached hydrogens (tertiary/aromatic N) is 3. The highest BCUT2D eigenvalue weighted by Gasteiger charge is 2.41. The first-order valence-corrected chi connectivity index (χ1v) is 9.12. The Balaban J connectivity index is 1.63. The predicted octanol–water partition coefficient (Wildman–Crippen LogP) is 2.41. The molecule has 2 saturated heterocycles. The fourth-order valence-electron chi connectivity index (χ4n) is 4.23. The van der Waals surface area contributed by atoms with Crippen LogP contribution in [-0.4, -0.2) is 55.6 Å². The number of carbonyl (C=O) groups excluding carboxylic acids is 1. The van der Waals surface area contributed by atoms with Crippen molar-refractivity contribution in [2.24, 2.45) is 5.41 Å². The van der Waals surface area contributed by atoms with Crippen LogP contribution in [0.1, 0.15) is 36.8 Å². The number of likely N-dealkylation sites (tertiary alicyclic amines) is 2. The number of nitriles is 1. The maximum atomic E-state index is 12.2. The molecule has 134 valence electrons. The van der Waals surface area contributed by atoms with Crippen molar-refractivity contribution in [3.63, 3.8) is 0 Å². The summed E-state index contributed by atoms with van der Waals surface area (Å²) in [4.78, 5) is 16.7. The Morgan fingerprint density at radius 3 is 2.76 bits per heavy atom. The molecule has 0 saturated carbocycles. The Morgan fingerprint density at radius 2 is 2.04 bits per heavy atom. The minimum absolute atomic E-state index is 0.229. The van der Waals surface area contributed by atoms with Gasteiger partial charge in [-0.05, 0) is 43.5 Å². The second kappa shape index (κ2) is 7.99. The van der Waals surface area contributed by atoms with Gasteiger partial charge in [-0.15, -0.1) is 0 Å². The second-order valence-corrected chi connectivity index (χ2v) is 7.43. The number of ether oxygens (including phenoxy) is 1. The van der Waals surface area contributed by atoms with E-state index in [1.54, 1.807) is 7.11 Å². The first-order valence-electron chi connectivity index (χ1n) is 9.12. The molecule has 1 spiro atoms. The van der Waals surface area contributed by atoms with Gasteiger partial charge in [-0.25, -0.2) is 0 Å². The molecule has 3 rings (SSSR count). The van der Waals surface area contributed by atoms with Gasteiger partial charge in [0.2, 0.25) is 5.91 Å². The second-order valence-electron chi connectivity index (χ2n) is 7.43. The van der Waals surface area contributed by atoms with Crippen molar-refractivity contribution < 1.29 is 9.53 Å². The van der Waals surface area contributed by atoms with Crippen LogP contribution in [0.2, 0.25) is 0 Å². The van der Waals surface area contributed by atoms with Crippen molar-refractivity contribution >= 4 is 5.91 Å². The highest BCUT2D eigenvalue weighted by Crippen LogP contribution is 2.39.